The van der Waals surface area contributed by atoms with Crippen molar-refractivity contribution >= 4 is 11.8 Å². The van der Waals surface area contributed by atoms with Gasteiger partial charge in [-0.2, -0.15) is 0 Å². The van der Waals surface area contributed by atoms with Crippen molar-refractivity contribution in [3.63, 3.8) is 0 Å². The third-order valence-corrected chi connectivity index (χ3v) is 2.85. The van der Waals surface area contributed by atoms with Crippen LogP contribution in [0.1, 0.15) is 20.3 Å². The fourth-order valence-electron chi connectivity index (χ4n) is 0.955. The minimum atomic E-state index is 0.341. The average molecular weight is 196 g/mol. The van der Waals surface area contributed by atoms with Crippen LogP contribution in [0.15, 0.2) is 29.2 Å². The summed E-state index contributed by atoms with van der Waals surface area (Å²) in [5, 5.41) is 9.06. The lowest BCUT2D eigenvalue weighted by molar-refractivity contribution is 0.475. The molecule has 0 bridgehead atoms. The van der Waals surface area contributed by atoms with E-state index in [0.29, 0.717) is 5.75 Å². The molecule has 0 atom stereocenters. The van der Waals surface area contributed by atoms with E-state index in [2.05, 4.69) is 13.8 Å². The Morgan fingerprint density at radius 3 is 2.38 bits per heavy atom. The zero-order chi connectivity index (χ0) is 9.68. The molecule has 1 N–H and O–H groups in total. The highest BCUT2D eigenvalue weighted by Crippen LogP contribution is 2.22. The standard InChI is InChI=1S/C11H16OS/c1-9(2)7-8-13-11-5-3-10(12)4-6-11/h3-6,9,12H,7-8H2,1-2H3. The summed E-state index contributed by atoms with van der Waals surface area (Å²) in [7, 11) is 0. The molecule has 1 rings (SSSR count). The Bertz CT molecular complexity index is 241. The number of phenolic OH excluding ortho intramolecular Hbond substituents is 1. The van der Waals surface area contributed by atoms with Crippen LogP contribution in [0.25, 0.3) is 0 Å². The number of hydrogen-bond acceptors (Lipinski definition) is 2. The van der Waals surface area contributed by atoms with E-state index >= 15 is 0 Å². The van der Waals surface area contributed by atoms with Crippen molar-refractivity contribution in [3.05, 3.63) is 24.3 Å². The van der Waals surface area contributed by atoms with Crippen LogP contribution in [-0.4, -0.2) is 10.9 Å². The monoisotopic (exact) mass is 196 g/mol. The first-order valence-electron chi connectivity index (χ1n) is 4.60. The first kappa shape index (κ1) is 10.5. The molecule has 0 fully saturated rings. The number of phenols is 1. The molecule has 0 heterocycles. The predicted molar refractivity (Wildman–Crippen MR) is 58.3 cm³/mol. The first-order valence-corrected chi connectivity index (χ1v) is 5.59. The molecule has 1 nitrogen and oxygen atoms in total. The lowest BCUT2D eigenvalue weighted by Gasteiger charge is -2.04. The summed E-state index contributed by atoms with van der Waals surface area (Å²) in [4.78, 5) is 1.23. The summed E-state index contributed by atoms with van der Waals surface area (Å²) < 4.78 is 0. The first-order chi connectivity index (χ1) is 6.18. The van der Waals surface area contributed by atoms with Gasteiger partial charge in [-0.3, -0.25) is 0 Å². The second-order valence-electron chi connectivity index (χ2n) is 3.52. The van der Waals surface area contributed by atoms with Crippen molar-refractivity contribution in [2.24, 2.45) is 5.92 Å². The Balaban J connectivity index is 2.33. The average Bonchev–Trinajstić information content (AvgIpc) is 2.08. The molecule has 0 spiro atoms. The van der Waals surface area contributed by atoms with E-state index in [1.807, 2.05) is 23.9 Å². The molecular formula is C11H16OS. The van der Waals surface area contributed by atoms with E-state index in [4.69, 9.17) is 5.11 Å². The molecule has 0 aliphatic rings. The molecule has 13 heavy (non-hydrogen) atoms. The van der Waals surface area contributed by atoms with E-state index in [-0.39, 0.29) is 0 Å². The molecule has 0 amide bonds. The summed E-state index contributed by atoms with van der Waals surface area (Å²) in [5.74, 6) is 2.26. The van der Waals surface area contributed by atoms with Gasteiger partial charge in [-0.15, -0.1) is 11.8 Å². The number of hydrogen-bond donors (Lipinski definition) is 1. The van der Waals surface area contributed by atoms with Crippen LogP contribution in [-0.2, 0) is 0 Å². The van der Waals surface area contributed by atoms with Gasteiger partial charge in [0.15, 0.2) is 0 Å². The molecule has 0 saturated heterocycles. The molecule has 0 saturated carbocycles. The van der Waals surface area contributed by atoms with E-state index in [1.54, 1.807) is 12.1 Å². The molecular weight excluding hydrogens is 180 g/mol. The van der Waals surface area contributed by atoms with Gasteiger partial charge in [0, 0.05) is 4.90 Å². The van der Waals surface area contributed by atoms with Crippen molar-refractivity contribution in [3.8, 4) is 5.75 Å². The second-order valence-corrected chi connectivity index (χ2v) is 4.69. The van der Waals surface area contributed by atoms with Gasteiger partial charge in [-0.1, -0.05) is 13.8 Å². The van der Waals surface area contributed by atoms with E-state index < -0.39 is 0 Å². The van der Waals surface area contributed by atoms with Crippen LogP contribution in [0.4, 0.5) is 0 Å². The Morgan fingerprint density at radius 2 is 1.85 bits per heavy atom. The maximum atomic E-state index is 9.06. The summed E-state index contributed by atoms with van der Waals surface area (Å²) in [6, 6.07) is 7.38. The van der Waals surface area contributed by atoms with Crippen molar-refractivity contribution in [2.75, 3.05) is 5.75 Å². The summed E-state index contributed by atoms with van der Waals surface area (Å²) in [5.41, 5.74) is 0. The van der Waals surface area contributed by atoms with Crippen LogP contribution in [0.5, 0.6) is 5.75 Å². The summed E-state index contributed by atoms with van der Waals surface area (Å²) in [6.45, 7) is 4.47. The number of thioether (sulfide) groups is 1. The van der Waals surface area contributed by atoms with Crippen LogP contribution in [0.2, 0.25) is 0 Å². The van der Waals surface area contributed by atoms with E-state index in [0.717, 1.165) is 11.7 Å². The smallest absolute Gasteiger partial charge is 0.115 e. The van der Waals surface area contributed by atoms with Crippen LogP contribution in [0, 0.1) is 5.92 Å². The largest absolute Gasteiger partial charge is 0.508 e. The minimum Gasteiger partial charge on any atom is -0.508 e. The Morgan fingerprint density at radius 1 is 1.23 bits per heavy atom. The number of benzene rings is 1. The van der Waals surface area contributed by atoms with E-state index in [9.17, 15) is 0 Å². The van der Waals surface area contributed by atoms with Crippen molar-refractivity contribution in [2.45, 2.75) is 25.2 Å². The Labute approximate surface area is 84.2 Å². The van der Waals surface area contributed by atoms with Gasteiger partial charge in [-0.25, -0.2) is 0 Å². The van der Waals surface area contributed by atoms with Crippen LogP contribution in [0.3, 0.4) is 0 Å². The van der Waals surface area contributed by atoms with Gasteiger partial charge in [0.1, 0.15) is 5.75 Å². The fourth-order valence-corrected chi connectivity index (χ4v) is 2.11. The molecule has 2 heteroatoms. The van der Waals surface area contributed by atoms with Gasteiger partial charge < -0.3 is 5.11 Å². The molecule has 0 aromatic heterocycles. The second kappa shape index (κ2) is 5.18. The molecule has 1 aromatic rings. The third kappa shape index (κ3) is 4.23. The molecule has 0 radical (unpaired) electrons. The number of aromatic hydroxyl groups is 1. The van der Waals surface area contributed by atoms with Crippen molar-refractivity contribution in [1.29, 1.82) is 0 Å². The SMILES string of the molecule is CC(C)CCSc1ccc(O)cc1. The lowest BCUT2D eigenvalue weighted by Crippen LogP contribution is -1.88. The van der Waals surface area contributed by atoms with Gasteiger partial charge in [0.2, 0.25) is 0 Å². The molecule has 72 valence electrons. The maximum absolute atomic E-state index is 9.06. The molecule has 0 unspecified atom stereocenters. The van der Waals surface area contributed by atoms with Crippen LogP contribution < -0.4 is 0 Å². The third-order valence-electron chi connectivity index (χ3n) is 1.80. The highest BCUT2D eigenvalue weighted by Gasteiger charge is 1.96. The van der Waals surface area contributed by atoms with Gasteiger partial charge in [-0.05, 0) is 42.4 Å². The van der Waals surface area contributed by atoms with Crippen molar-refractivity contribution in [1.82, 2.24) is 0 Å². The molecule has 0 aliphatic heterocycles. The maximum Gasteiger partial charge on any atom is 0.115 e. The molecule has 1 aromatic carbocycles. The minimum absolute atomic E-state index is 0.341. The van der Waals surface area contributed by atoms with Gasteiger partial charge >= 0.3 is 0 Å². The van der Waals surface area contributed by atoms with E-state index in [1.165, 1.54) is 11.3 Å². The Hall–Kier alpha value is -0.630. The Kier molecular flexibility index (Phi) is 4.16. The zero-order valence-corrected chi connectivity index (χ0v) is 8.97. The topological polar surface area (TPSA) is 20.2 Å². The fraction of sp³-hybridized carbons (Fsp3) is 0.455. The highest BCUT2D eigenvalue weighted by molar-refractivity contribution is 7.99. The lowest BCUT2D eigenvalue weighted by atomic mass is 10.2. The van der Waals surface area contributed by atoms with Crippen molar-refractivity contribution < 1.29 is 5.11 Å². The van der Waals surface area contributed by atoms with Gasteiger partial charge in [0.25, 0.3) is 0 Å². The normalized spacial score (nSPS) is 10.7. The molecule has 0 aliphatic carbocycles. The highest BCUT2D eigenvalue weighted by atomic mass is 32.2. The quantitative estimate of drug-likeness (QED) is 0.743. The predicted octanol–water partition coefficient (Wildman–Crippen LogP) is 3.53. The van der Waals surface area contributed by atoms with Crippen LogP contribution >= 0.6 is 11.8 Å². The number of rotatable bonds is 4. The zero-order valence-electron chi connectivity index (χ0n) is 8.16. The summed E-state index contributed by atoms with van der Waals surface area (Å²) in [6.07, 6.45) is 1.24. The van der Waals surface area contributed by atoms with Gasteiger partial charge in [0.05, 0.1) is 0 Å². The summed E-state index contributed by atoms with van der Waals surface area (Å²) >= 11 is 1.85.